The maximum Gasteiger partial charge on any atom is 0.337 e. The average molecular weight is 496 g/mol. The fourth-order valence-corrected chi connectivity index (χ4v) is 5.13. The Kier molecular flexibility index (Phi) is 7.54. The van der Waals surface area contributed by atoms with E-state index in [0.29, 0.717) is 34.8 Å². The number of ether oxygens (including phenoxy) is 2. The molecule has 2 amide bonds. The summed E-state index contributed by atoms with van der Waals surface area (Å²) in [5, 5.41) is 16.2. The van der Waals surface area contributed by atoms with Gasteiger partial charge in [0.15, 0.2) is 6.10 Å². The van der Waals surface area contributed by atoms with Gasteiger partial charge in [-0.15, -0.1) is 0 Å². The van der Waals surface area contributed by atoms with Crippen molar-refractivity contribution in [2.75, 3.05) is 11.9 Å². The number of rotatable bonds is 6. The molecule has 36 heavy (non-hydrogen) atoms. The van der Waals surface area contributed by atoms with Crippen LogP contribution >= 0.6 is 0 Å². The van der Waals surface area contributed by atoms with Gasteiger partial charge in [-0.05, 0) is 89.1 Å². The van der Waals surface area contributed by atoms with Crippen LogP contribution in [0.4, 0.5) is 10.6 Å². The number of pyridine rings is 1. The number of nitrogens with one attached hydrogen (secondary N) is 2. The zero-order valence-electron chi connectivity index (χ0n) is 21.9. The number of carbonyl (C=O) groups is 2. The first kappa shape index (κ1) is 25.9. The summed E-state index contributed by atoms with van der Waals surface area (Å²) in [5.74, 6) is 0.103. The first-order chi connectivity index (χ1) is 17.0. The molecule has 2 aromatic rings. The first-order valence-corrected chi connectivity index (χ1v) is 12.8. The fraction of sp³-hybridized carbons (Fsp3) is 0.536. The molecule has 1 atom stereocenters. The molecule has 0 radical (unpaired) electrons. The normalized spacial score (nSPS) is 16.7. The van der Waals surface area contributed by atoms with Gasteiger partial charge in [-0.1, -0.05) is 18.9 Å². The van der Waals surface area contributed by atoms with Gasteiger partial charge in [0.05, 0.1) is 12.2 Å². The summed E-state index contributed by atoms with van der Waals surface area (Å²) in [7, 11) is 0. The van der Waals surface area contributed by atoms with Gasteiger partial charge in [-0.2, -0.15) is 0 Å². The lowest BCUT2D eigenvalue weighted by molar-refractivity contribution is -0.160. The number of anilines is 1. The Morgan fingerprint density at radius 2 is 1.89 bits per heavy atom. The van der Waals surface area contributed by atoms with Crippen molar-refractivity contribution >= 4 is 17.8 Å². The molecule has 1 saturated carbocycles. The molecule has 1 aliphatic carbocycles. The van der Waals surface area contributed by atoms with Crippen molar-refractivity contribution in [1.82, 2.24) is 10.3 Å². The van der Waals surface area contributed by atoms with Crippen LogP contribution < -0.4 is 15.4 Å². The number of amides is 2. The van der Waals surface area contributed by atoms with E-state index in [1.807, 2.05) is 39.8 Å². The second kappa shape index (κ2) is 10.5. The highest BCUT2D eigenvalue weighted by Crippen LogP contribution is 2.41. The van der Waals surface area contributed by atoms with Gasteiger partial charge in [-0.25, -0.2) is 14.6 Å². The Morgan fingerprint density at radius 1 is 1.17 bits per heavy atom. The van der Waals surface area contributed by atoms with E-state index >= 15 is 0 Å². The highest BCUT2D eigenvalue weighted by atomic mass is 16.5. The maximum atomic E-state index is 12.8. The molecule has 1 unspecified atom stereocenters. The molecule has 194 valence electrons. The van der Waals surface area contributed by atoms with E-state index in [-0.39, 0.29) is 12.1 Å². The SMILES string of the molecule is Cc1nc(NC(=O)NC2CCCC2)c(C)c(C(OC(C)(C)C)C(=O)O)c1-c1ccc2c(c1)CCCO2. The number of hydrogen-bond acceptors (Lipinski definition) is 5. The van der Waals surface area contributed by atoms with Gasteiger partial charge in [0.1, 0.15) is 11.6 Å². The molecule has 2 aliphatic rings. The Morgan fingerprint density at radius 3 is 2.56 bits per heavy atom. The average Bonchev–Trinajstić information content (AvgIpc) is 3.31. The lowest BCUT2D eigenvalue weighted by Crippen LogP contribution is -2.36. The number of aromatic nitrogens is 1. The van der Waals surface area contributed by atoms with Crippen molar-refractivity contribution in [1.29, 1.82) is 0 Å². The smallest absolute Gasteiger partial charge is 0.337 e. The third-order valence-corrected chi connectivity index (χ3v) is 6.75. The zero-order chi connectivity index (χ0) is 26.0. The number of aliphatic carboxylic acids is 1. The summed E-state index contributed by atoms with van der Waals surface area (Å²) in [6.07, 6.45) is 4.73. The molecule has 1 fully saturated rings. The number of urea groups is 1. The summed E-state index contributed by atoms with van der Waals surface area (Å²) in [6.45, 7) is 9.81. The zero-order valence-corrected chi connectivity index (χ0v) is 21.9. The Bertz CT molecular complexity index is 1150. The van der Waals surface area contributed by atoms with Crippen LogP contribution in [0, 0.1) is 13.8 Å². The van der Waals surface area contributed by atoms with Crippen molar-refractivity contribution in [2.24, 2.45) is 0 Å². The van der Waals surface area contributed by atoms with Gasteiger partial charge in [0.2, 0.25) is 0 Å². The van der Waals surface area contributed by atoms with Crippen molar-refractivity contribution in [3.8, 4) is 16.9 Å². The highest BCUT2D eigenvalue weighted by molar-refractivity contribution is 5.91. The standard InChI is InChI=1S/C28H37N3O5/c1-16-22(24(26(32)33)36-28(3,4)5)23(19-12-13-21-18(15-19)9-8-14-35-21)17(2)29-25(16)31-27(34)30-20-10-6-7-11-20/h12-13,15,20,24H,6-11,14H2,1-5H3,(H,32,33)(H2,29,30,31,34). The highest BCUT2D eigenvalue weighted by Gasteiger charge is 2.33. The molecule has 4 rings (SSSR count). The number of carboxylic acids is 1. The van der Waals surface area contributed by atoms with Crippen LogP contribution in [0.2, 0.25) is 0 Å². The molecule has 3 N–H and O–H groups in total. The Labute approximate surface area is 212 Å². The van der Waals surface area contributed by atoms with Gasteiger partial charge >= 0.3 is 12.0 Å². The van der Waals surface area contributed by atoms with Crippen LogP contribution in [0.3, 0.4) is 0 Å². The maximum absolute atomic E-state index is 12.8. The van der Waals surface area contributed by atoms with Crippen LogP contribution in [0.15, 0.2) is 18.2 Å². The van der Waals surface area contributed by atoms with Crippen molar-refractivity contribution in [3.05, 3.63) is 40.6 Å². The lowest BCUT2D eigenvalue weighted by Gasteiger charge is -2.29. The van der Waals surface area contributed by atoms with E-state index in [0.717, 1.165) is 55.4 Å². The molecule has 8 heteroatoms. The minimum absolute atomic E-state index is 0.152. The van der Waals surface area contributed by atoms with Crippen molar-refractivity contribution in [3.63, 3.8) is 0 Å². The number of carbonyl (C=O) groups excluding carboxylic acids is 1. The van der Waals surface area contributed by atoms with Crippen LogP contribution in [-0.2, 0) is 16.0 Å². The topological polar surface area (TPSA) is 110 Å². The predicted octanol–water partition coefficient (Wildman–Crippen LogP) is 5.70. The number of carboxylic acid groups (broad SMARTS) is 1. The molecule has 0 saturated heterocycles. The summed E-state index contributed by atoms with van der Waals surface area (Å²) < 4.78 is 11.9. The second-order valence-electron chi connectivity index (χ2n) is 10.8. The summed E-state index contributed by atoms with van der Waals surface area (Å²) in [6, 6.07) is 5.75. The number of fused-ring (bicyclic) bond motifs is 1. The molecule has 1 aliphatic heterocycles. The second-order valence-corrected chi connectivity index (χ2v) is 10.8. The molecular weight excluding hydrogens is 458 g/mol. The number of benzene rings is 1. The van der Waals surface area contributed by atoms with E-state index in [1.54, 1.807) is 6.92 Å². The van der Waals surface area contributed by atoms with Crippen molar-refractivity contribution in [2.45, 2.75) is 90.9 Å². The fourth-order valence-electron chi connectivity index (χ4n) is 5.13. The minimum atomic E-state index is -1.24. The number of aryl methyl sites for hydroxylation is 2. The minimum Gasteiger partial charge on any atom is -0.493 e. The predicted molar refractivity (Wildman–Crippen MR) is 139 cm³/mol. The van der Waals surface area contributed by atoms with Gasteiger partial charge in [-0.3, -0.25) is 5.32 Å². The molecule has 1 aromatic heterocycles. The van der Waals surface area contributed by atoms with E-state index < -0.39 is 17.7 Å². The monoisotopic (exact) mass is 495 g/mol. The molecule has 0 spiro atoms. The van der Waals surface area contributed by atoms with E-state index in [1.165, 1.54) is 0 Å². The van der Waals surface area contributed by atoms with E-state index in [4.69, 9.17) is 14.5 Å². The third-order valence-electron chi connectivity index (χ3n) is 6.75. The van der Waals surface area contributed by atoms with Crippen LogP contribution in [0.1, 0.15) is 81.4 Å². The molecule has 2 heterocycles. The van der Waals surface area contributed by atoms with Gasteiger partial charge in [0.25, 0.3) is 0 Å². The number of hydrogen-bond donors (Lipinski definition) is 3. The van der Waals surface area contributed by atoms with Crippen molar-refractivity contribution < 1.29 is 24.2 Å². The van der Waals surface area contributed by atoms with Gasteiger partial charge in [0, 0.05) is 22.9 Å². The lowest BCUT2D eigenvalue weighted by atomic mass is 9.89. The largest absolute Gasteiger partial charge is 0.493 e. The van der Waals surface area contributed by atoms with Crippen LogP contribution in [0.5, 0.6) is 5.75 Å². The summed E-state index contributed by atoms with van der Waals surface area (Å²) in [5.41, 5.74) is 3.63. The first-order valence-electron chi connectivity index (χ1n) is 12.8. The van der Waals surface area contributed by atoms with Crippen LogP contribution in [0.25, 0.3) is 11.1 Å². The van der Waals surface area contributed by atoms with Gasteiger partial charge < -0.3 is 19.9 Å². The Hall–Kier alpha value is -3.13. The third kappa shape index (κ3) is 5.81. The van der Waals surface area contributed by atoms with Crippen LogP contribution in [-0.4, -0.2) is 40.3 Å². The molecular formula is C28H37N3O5. The quantitative estimate of drug-likeness (QED) is 0.475. The molecule has 8 nitrogen and oxygen atoms in total. The molecule has 0 bridgehead atoms. The van der Waals surface area contributed by atoms with E-state index in [9.17, 15) is 14.7 Å². The van der Waals surface area contributed by atoms with E-state index in [2.05, 4.69) is 16.7 Å². The number of nitrogens with zero attached hydrogens (tertiary/aromatic N) is 1. The summed E-state index contributed by atoms with van der Waals surface area (Å²) in [4.78, 5) is 30.0. The Balaban J connectivity index is 1.81. The molecule has 1 aromatic carbocycles. The summed E-state index contributed by atoms with van der Waals surface area (Å²) >= 11 is 0.